The molecule has 0 radical (unpaired) electrons. The lowest BCUT2D eigenvalue weighted by molar-refractivity contribution is -0.146. The van der Waals surface area contributed by atoms with Crippen LogP contribution in [0.25, 0.3) is 0 Å². The maximum absolute atomic E-state index is 13.4. The van der Waals surface area contributed by atoms with Gasteiger partial charge in [0.25, 0.3) is 0 Å². The Bertz CT molecular complexity index is 782. The molecule has 2 aliphatic rings. The molecule has 3 N–H and O–H groups in total. The SMILES string of the molecule is NC(=O)C1(C(=O)N(CCc2ccccc2)C(=O)NCCCN2CCOCC2)CC=CC1. The zero-order valence-corrected chi connectivity index (χ0v) is 17.9. The molecule has 0 spiro atoms. The molecular formula is C23H32N4O4. The lowest BCUT2D eigenvalue weighted by atomic mass is 9.83. The number of nitrogens with two attached hydrogens (primary N) is 1. The summed E-state index contributed by atoms with van der Waals surface area (Å²) in [6.07, 6.45) is 5.29. The number of rotatable bonds is 9. The van der Waals surface area contributed by atoms with E-state index in [9.17, 15) is 14.4 Å². The molecule has 0 atom stereocenters. The highest BCUT2D eigenvalue weighted by atomic mass is 16.5. The minimum absolute atomic E-state index is 0.188. The molecule has 1 aromatic carbocycles. The summed E-state index contributed by atoms with van der Waals surface area (Å²) in [5, 5.41) is 2.85. The molecule has 1 aliphatic carbocycles. The Morgan fingerprint density at radius 2 is 1.77 bits per heavy atom. The first-order valence-corrected chi connectivity index (χ1v) is 10.9. The number of morpholine rings is 1. The van der Waals surface area contributed by atoms with Gasteiger partial charge in [0.2, 0.25) is 11.8 Å². The molecule has 4 amide bonds. The normalized spacial score (nSPS) is 17.9. The summed E-state index contributed by atoms with van der Waals surface area (Å²) in [7, 11) is 0. The minimum Gasteiger partial charge on any atom is -0.379 e. The van der Waals surface area contributed by atoms with Crippen molar-refractivity contribution >= 4 is 17.8 Å². The van der Waals surface area contributed by atoms with Crippen LogP contribution in [0.4, 0.5) is 4.79 Å². The summed E-state index contributed by atoms with van der Waals surface area (Å²) in [6.45, 7) is 4.75. The Kier molecular flexibility index (Phi) is 8.20. The van der Waals surface area contributed by atoms with Crippen LogP contribution in [-0.2, 0) is 20.7 Å². The van der Waals surface area contributed by atoms with Crippen molar-refractivity contribution in [2.24, 2.45) is 11.1 Å². The lowest BCUT2D eigenvalue weighted by Gasteiger charge is -2.31. The number of hydrogen-bond donors (Lipinski definition) is 2. The summed E-state index contributed by atoms with van der Waals surface area (Å²) in [6, 6.07) is 9.17. The fourth-order valence-electron chi connectivity index (χ4n) is 3.99. The molecule has 0 saturated carbocycles. The van der Waals surface area contributed by atoms with Gasteiger partial charge in [-0.2, -0.15) is 0 Å². The van der Waals surface area contributed by atoms with Crippen molar-refractivity contribution in [3.63, 3.8) is 0 Å². The molecule has 8 nitrogen and oxygen atoms in total. The number of hydrogen-bond acceptors (Lipinski definition) is 5. The van der Waals surface area contributed by atoms with Crippen LogP contribution in [0.3, 0.4) is 0 Å². The number of imide groups is 1. The third-order valence-corrected chi connectivity index (χ3v) is 5.97. The Morgan fingerprint density at radius 3 is 2.42 bits per heavy atom. The first kappa shape index (κ1) is 23.0. The van der Waals surface area contributed by atoms with Crippen LogP contribution in [0.15, 0.2) is 42.5 Å². The Labute approximate surface area is 183 Å². The molecule has 1 fully saturated rings. The largest absolute Gasteiger partial charge is 0.379 e. The summed E-state index contributed by atoms with van der Waals surface area (Å²) in [4.78, 5) is 42.0. The van der Waals surface area contributed by atoms with Crippen LogP contribution in [-0.4, -0.2) is 73.6 Å². The molecule has 0 unspecified atom stereocenters. The van der Waals surface area contributed by atoms with Gasteiger partial charge < -0.3 is 15.8 Å². The van der Waals surface area contributed by atoms with Crippen molar-refractivity contribution in [1.29, 1.82) is 0 Å². The molecule has 31 heavy (non-hydrogen) atoms. The summed E-state index contributed by atoms with van der Waals surface area (Å²) < 4.78 is 5.34. The van der Waals surface area contributed by atoms with Crippen molar-refractivity contribution < 1.29 is 19.1 Å². The van der Waals surface area contributed by atoms with Gasteiger partial charge in [-0.15, -0.1) is 0 Å². The zero-order valence-electron chi connectivity index (χ0n) is 17.9. The molecule has 1 aliphatic heterocycles. The van der Waals surface area contributed by atoms with Crippen molar-refractivity contribution in [3.8, 4) is 0 Å². The number of nitrogens with zero attached hydrogens (tertiary/aromatic N) is 2. The van der Waals surface area contributed by atoms with Crippen molar-refractivity contribution in [3.05, 3.63) is 48.0 Å². The smallest absolute Gasteiger partial charge is 0.324 e. The van der Waals surface area contributed by atoms with E-state index < -0.39 is 23.3 Å². The highest BCUT2D eigenvalue weighted by molar-refractivity contribution is 6.10. The molecule has 1 heterocycles. The number of primary amides is 1. The maximum atomic E-state index is 13.4. The van der Waals surface area contributed by atoms with Crippen LogP contribution in [0.1, 0.15) is 24.8 Å². The van der Waals surface area contributed by atoms with Crippen LogP contribution < -0.4 is 11.1 Å². The van der Waals surface area contributed by atoms with Gasteiger partial charge in [-0.1, -0.05) is 42.5 Å². The van der Waals surface area contributed by atoms with Gasteiger partial charge in [0.05, 0.1) is 13.2 Å². The van der Waals surface area contributed by atoms with E-state index in [2.05, 4.69) is 10.2 Å². The number of allylic oxidation sites excluding steroid dienone is 2. The lowest BCUT2D eigenvalue weighted by Crippen LogP contribution is -2.55. The molecule has 0 aromatic heterocycles. The van der Waals surface area contributed by atoms with E-state index in [1.165, 1.54) is 4.90 Å². The minimum atomic E-state index is -1.37. The van der Waals surface area contributed by atoms with E-state index in [1.807, 2.05) is 30.3 Å². The van der Waals surface area contributed by atoms with Gasteiger partial charge >= 0.3 is 6.03 Å². The van der Waals surface area contributed by atoms with Crippen LogP contribution in [0.2, 0.25) is 0 Å². The van der Waals surface area contributed by atoms with E-state index in [0.717, 1.165) is 44.8 Å². The third kappa shape index (κ3) is 5.92. The van der Waals surface area contributed by atoms with Gasteiger partial charge in [0.15, 0.2) is 0 Å². The second-order valence-corrected chi connectivity index (χ2v) is 8.06. The van der Waals surface area contributed by atoms with Gasteiger partial charge in [-0.3, -0.25) is 19.4 Å². The summed E-state index contributed by atoms with van der Waals surface area (Å²) in [5.74, 6) is -1.21. The second kappa shape index (κ2) is 11.1. The number of benzene rings is 1. The van der Waals surface area contributed by atoms with Gasteiger partial charge in [-0.05, 0) is 37.8 Å². The average Bonchev–Trinajstić information content (AvgIpc) is 3.30. The van der Waals surface area contributed by atoms with Gasteiger partial charge in [0, 0.05) is 26.2 Å². The first-order valence-electron chi connectivity index (χ1n) is 10.9. The maximum Gasteiger partial charge on any atom is 0.324 e. The Morgan fingerprint density at radius 1 is 1.10 bits per heavy atom. The van der Waals surface area contributed by atoms with Crippen molar-refractivity contribution in [2.45, 2.75) is 25.7 Å². The Balaban J connectivity index is 1.62. The number of ether oxygens (including phenoxy) is 1. The summed E-state index contributed by atoms with van der Waals surface area (Å²) >= 11 is 0. The van der Waals surface area contributed by atoms with Gasteiger partial charge in [0.1, 0.15) is 5.41 Å². The molecule has 168 valence electrons. The van der Waals surface area contributed by atoms with E-state index >= 15 is 0 Å². The first-order chi connectivity index (χ1) is 15.0. The molecule has 1 aromatic rings. The number of amides is 4. The quantitative estimate of drug-likeness (QED) is 0.351. The van der Waals surface area contributed by atoms with Crippen LogP contribution in [0.5, 0.6) is 0 Å². The standard InChI is InChI=1S/C23H32N4O4/c24-20(28)23(10-4-5-11-23)21(29)27(14-9-19-7-2-1-3-8-19)22(30)25-12-6-13-26-15-17-31-18-16-26/h1-5,7-8H,6,9-18H2,(H2,24,28)(H,25,30). The fourth-order valence-corrected chi connectivity index (χ4v) is 3.99. The van der Waals surface area contributed by atoms with Crippen molar-refractivity contribution in [1.82, 2.24) is 15.1 Å². The topological polar surface area (TPSA) is 105 Å². The number of carbonyl (C=O) groups excluding carboxylic acids is 3. The van der Waals surface area contributed by atoms with Crippen molar-refractivity contribution in [2.75, 3.05) is 45.9 Å². The predicted octanol–water partition coefficient (Wildman–Crippen LogP) is 1.31. The Hall–Kier alpha value is -2.71. The zero-order chi connectivity index (χ0) is 22.1. The predicted molar refractivity (Wildman–Crippen MR) is 117 cm³/mol. The fraction of sp³-hybridized carbons (Fsp3) is 0.522. The highest BCUT2D eigenvalue weighted by Gasteiger charge is 2.48. The third-order valence-electron chi connectivity index (χ3n) is 5.97. The highest BCUT2D eigenvalue weighted by Crippen LogP contribution is 2.35. The number of carbonyl (C=O) groups is 3. The molecule has 3 rings (SSSR count). The molecule has 1 saturated heterocycles. The monoisotopic (exact) mass is 428 g/mol. The van der Waals surface area contributed by atoms with Crippen LogP contribution in [0, 0.1) is 5.41 Å². The second-order valence-electron chi connectivity index (χ2n) is 8.06. The van der Waals surface area contributed by atoms with E-state index in [4.69, 9.17) is 10.5 Å². The average molecular weight is 429 g/mol. The van der Waals surface area contributed by atoms with E-state index in [1.54, 1.807) is 12.2 Å². The number of nitrogens with one attached hydrogen (secondary N) is 1. The number of urea groups is 1. The summed E-state index contributed by atoms with van der Waals surface area (Å²) in [5.41, 5.74) is 5.25. The molecule has 0 bridgehead atoms. The van der Waals surface area contributed by atoms with E-state index in [0.29, 0.717) is 13.0 Å². The molecular weight excluding hydrogens is 396 g/mol. The molecule has 8 heteroatoms. The van der Waals surface area contributed by atoms with E-state index in [-0.39, 0.29) is 19.4 Å². The van der Waals surface area contributed by atoms with Crippen LogP contribution >= 0.6 is 0 Å². The van der Waals surface area contributed by atoms with Gasteiger partial charge in [-0.25, -0.2) is 4.79 Å².